The number of ether oxygens (including phenoxy) is 1. The van der Waals surface area contributed by atoms with Crippen molar-refractivity contribution >= 4 is 0 Å². The lowest BCUT2D eigenvalue weighted by atomic mass is 9.85. The van der Waals surface area contributed by atoms with Crippen LogP contribution in [-0.4, -0.2) is 56.2 Å². The highest BCUT2D eigenvalue weighted by Gasteiger charge is 2.35. The predicted molar refractivity (Wildman–Crippen MR) is 93.7 cm³/mol. The molecular weight excluding hydrogens is 329 g/mol. The monoisotopic (exact) mass is 358 g/mol. The van der Waals surface area contributed by atoms with Gasteiger partial charge in [-0.3, -0.25) is 9.80 Å². The Kier molecular flexibility index (Phi) is 6.51. The molecule has 0 radical (unpaired) electrons. The van der Waals surface area contributed by atoms with Crippen molar-refractivity contribution in [1.82, 2.24) is 9.80 Å². The first-order chi connectivity index (χ1) is 11.6. The van der Waals surface area contributed by atoms with Gasteiger partial charge in [-0.15, -0.1) is 0 Å². The molecule has 0 amide bonds. The molecule has 1 aliphatic rings. The normalized spacial score (nSPS) is 17.9. The van der Waals surface area contributed by atoms with E-state index in [1.165, 1.54) is 6.07 Å². The van der Waals surface area contributed by atoms with Crippen molar-refractivity contribution in [2.24, 2.45) is 0 Å². The Morgan fingerprint density at radius 2 is 1.60 bits per heavy atom. The van der Waals surface area contributed by atoms with E-state index in [-0.39, 0.29) is 5.41 Å². The van der Waals surface area contributed by atoms with Crippen molar-refractivity contribution in [2.75, 3.05) is 46.4 Å². The van der Waals surface area contributed by atoms with E-state index in [2.05, 4.69) is 9.80 Å². The van der Waals surface area contributed by atoms with Crippen molar-refractivity contribution in [1.29, 1.82) is 0 Å². The van der Waals surface area contributed by atoms with Crippen LogP contribution in [0, 0.1) is 0 Å². The van der Waals surface area contributed by atoms with Crippen LogP contribution in [0.2, 0.25) is 0 Å². The lowest BCUT2D eigenvalue weighted by Gasteiger charge is -2.35. The zero-order valence-corrected chi connectivity index (χ0v) is 15.6. The molecule has 1 aliphatic heterocycles. The van der Waals surface area contributed by atoms with Gasteiger partial charge in [-0.1, -0.05) is 32.9 Å². The fourth-order valence-corrected chi connectivity index (χ4v) is 3.08. The fourth-order valence-electron chi connectivity index (χ4n) is 3.08. The molecular formula is C19H29F3N2O. The largest absolute Gasteiger partial charge is 0.416 e. The zero-order chi connectivity index (χ0) is 18.7. The van der Waals surface area contributed by atoms with Gasteiger partial charge < -0.3 is 4.74 Å². The molecule has 1 aromatic carbocycles. The first-order valence-corrected chi connectivity index (χ1v) is 8.75. The van der Waals surface area contributed by atoms with E-state index >= 15 is 0 Å². The Balaban J connectivity index is 2.09. The predicted octanol–water partition coefficient (Wildman–Crippen LogP) is 3.77. The molecule has 0 unspecified atom stereocenters. The van der Waals surface area contributed by atoms with Crippen LogP contribution in [0.15, 0.2) is 18.2 Å². The minimum atomic E-state index is -4.32. The van der Waals surface area contributed by atoms with Gasteiger partial charge in [0.25, 0.3) is 0 Å². The third-order valence-electron chi connectivity index (χ3n) is 4.75. The lowest BCUT2D eigenvalue weighted by molar-refractivity contribution is -0.138. The molecule has 0 aromatic heterocycles. The van der Waals surface area contributed by atoms with E-state index in [4.69, 9.17) is 4.74 Å². The molecule has 6 heteroatoms. The summed E-state index contributed by atoms with van der Waals surface area (Å²) in [6.07, 6.45) is -4.32. The number of alkyl halides is 3. The summed E-state index contributed by atoms with van der Waals surface area (Å²) in [5, 5.41) is 0. The van der Waals surface area contributed by atoms with Crippen LogP contribution in [0.25, 0.3) is 0 Å². The van der Waals surface area contributed by atoms with Gasteiger partial charge in [-0.2, -0.15) is 13.2 Å². The summed E-state index contributed by atoms with van der Waals surface area (Å²) in [5.74, 6) is 0. The second kappa shape index (κ2) is 8.06. The van der Waals surface area contributed by atoms with Crippen LogP contribution in [0.3, 0.4) is 0 Å². The highest BCUT2D eigenvalue weighted by molar-refractivity contribution is 5.37. The number of benzene rings is 1. The summed E-state index contributed by atoms with van der Waals surface area (Å²) < 4.78 is 45.7. The summed E-state index contributed by atoms with van der Waals surface area (Å²) in [4.78, 5) is 4.39. The van der Waals surface area contributed by atoms with E-state index in [9.17, 15) is 13.2 Å². The number of methoxy groups -OCH3 is 1. The third-order valence-corrected chi connectivity index (χ3v) is 4.75. The molecule has 0 bridgehead atoms. The van der Waals surface area contributed by atoms with Gasteiger partial charge >= 0.3 is 6.18 Å². The standard InChI is InChI=1S/C19H29F3N2O/c1-18(2,3)16-6-5-15(17(13-16)19(20,21)22)14-24-9-7-23(8-10-24)11-12-25-4/h5-6,13H,7-12,14H2,1-4H3. The maximum atomic E-state index is 13.5. The van der Waals surface area contributed by atoms with Crippen LogP contribution in [-0.2, 0) is 22.9 Å². The maximum absolute atomic E-state index is 13.5. The molecule has 2 rings (SSSR count). The van der Waals surface area contributed by atoms with E-state index in [0.717, 1.165) is 32.7 Å². The highest BCUT2D eigenvalue weighted by Crippen LogP contribution is 2.36. The summed E-state index contributed by atoms with van der Waals surface area (Å²) in [6, 6.07) is 4.81. The van der Waals surface area contributed by atoms with Gasteiger partial charge in [0.15, 0.2) is 0 Å². The van der Waals surface area contributed by atoms with Gasteiger partial charge in [-0.05, 0) is 22.6 Å². The summed E-state index contributed by atoms with van der Waals surface area (Å²) >= 11 is 0. The molecule has 0 atom stereocenters. The smallest absolute Gasteiger partial charge is 0.383 e. The molecule has 0 saturated carbocycles. The quantitative estimate of drug-likeness (QED) is 0.797. The molecule has 3 nitrogen and oxygen atoms in total. The Labute approximate surface area is 148 Å². The molecule has 25 heavy (non-hydrogen) atoms. The van der Waals surface area contributed by atoms with Crippen molar-refractivity contribution in [2.45, 2.75) is 38.9 Å². The molecule has 0 spiro atoms. The van der Waals surface area contributed by atoms with Crippen LogP contribution in [0.4, 0.5) is 13.2 Å². The van der Waals surface area contributed by atoms with Crippen LogP contribution in [0.1, 0.15) is 37.5 Å². The highest BCUT2D eigenvalue weighted by atomic mass is 19.4. The number of hydrogen-bond acceptors (Lipinski definition) is 3. The number of rotatable bonds is 5. The van der Waals surface area contributed by atoms with E-state index < -0.39 is 11.7 Å². The molecule has 0 N–H and O–H groups in total. The Bertz CT molecular complexity index is 559. The number of piperazine rings is 1. The van der Waals surface area contributed by atoms with Crippen molar-refractivity contribution in [3.05, 3.63) is 34.9 Å². The summed E-state index contributed by atoms with van der Waals surface area (Å²) in [5.41, 5.74) is 0.284. The minimum Gasteiger partial charge on any atom is -0.383 e. The molecule has 1 fully saturated rings. The average Bonchev–Trinajstić information content (AvgIpc) is 2.52. The average molecular weight is 358 g/mol. The molecule has 1 aromatic rings. The van der Waals surface area contributed by atoms with Crippen LogP contribution in [0.5, 0.6) is 0 Å². The number of hydrogen-bond donors (Lipinski definition) is 0. The van der Waals surface area contributed by atoms with Crippen LogP contribution >= 0.6 is 0 Å². The van der Waals surface area contributed by atoms with Gasteiger partial charge in [0, 0.05) is 46.4 Å². The first kappa shape index (κ1) is 20.2. The number of halogens is 3. The lowest BCUT2D eigenvalue weighted by Crippen LogP contribution is -2.46. The van der Waals surface area contributed by atoms with Gasteiger partial charge in [0.1, 0.15) is 0 Å². The second-order valence-electron chi connectivity index (χ2n) is 7.73. The molecule has 0 aliphatic carbocycles. The molecule has 1 saturated heterocycles. The maximum Gasteiger partial charge on any atom is 0.416 e. The zero-order valence-electron chi connectivity index (χ0n) is 15.6. The van der Waals surface area contributed by atoms with Crippen molar-refractivity contribution in [3.8, 4) is 0 Å². The summed E-state index contributed by atoms with van der Waals surface area (Å²) in [6.45, 7) is 11.0. The van der Waals surface area contributed by atoms with Crippen molar-refractivity contribution in [3.63, 3.8) is 0 Å². The second-order valence-corrected chi connectivity index (χ2v) is 7.73. The van der Waals surface area contributed by atoms with E-state index in [1.807, 2.05) is 26.8 Å². The van der Waals surface area contributed by atoms with Gasteiger partial charge in [0.05, 0.1) is 12.2 Å². The Morgan fingerprint density at radius 1 is 1.00 bits per heavy atom. The fraction of sp³-hybridized carbons (Fsp3) is 0.684. The molecule has 142 valence electrons. The topological polar surface area (TPSA) is 15.7 Å². The van der Waals surface area contributed by atoms with E-state index in [1.54, 1.807) is 13.2 Å². The SMILES string of the molecule is COCCN1CCN(Cc2ccc(C(C)(C)C)cc2C(F)(F)F)CC1. The van der Waals surface area contributed by atoms with Gasteiger partial charge in [0.2, 0.25) is 0 Å². The van der Waals surface area contributed by atoms with Crippen LogP contribution < -0.4 is 0 Å². The summed E-state index contributed by atoms with van der Waals surface area (Å²) in [7, 11) is 1.68. The number of nitrogens with zero attached hydrogens (tertiary/aromatic N) is 2. The molecule has 1 heterocycles. The van der Waals surface area contributed by atoms with E-state index in [0.29, 0.717) is 24.3 Å². The van der Waals surface area contributed by atoms with Crippen molar-refractivity contribution < 1.29 is 17.9 Å². The Hall–Kier alpha value is -1.11. The minimum absolute atomic E-state index is 0.300. The van der Waals surface area contributed by atoms with Gasteiger partial charge in [-0.25, -0.2) is 0 Å². The Morgan fingerprint density at radius 3 is 2.12 bits per heavy atom. The third kappa shape index (κ3) is 5.69. The first-order valence-electron chi connectivity index (χ1n) is 8.75.